The first-order valence-electron chi connectivity index (χ1n) is 9.93. The lowest BCUT2D eigenvalue weighted by Gasteiger charge is -2.12. The van der Waals surface area contributed by atoms with Gasteiger partial charge in [-0.05, 0) is 68.7 Å². The van der Waals surface area contributed by atoms with Crippen LogP contribution in [0.1, 0.15) is 21.6 Å². The summed E-state index contributed by atoms with van der Waals surface area (Å²) in [6.45, 7) is 8.01. The van der Waals surface area contributed by atoms with Crippen LogP contribution in [-0.4, -0.2) is 21.2 Å². The van der Waals surface area contributed by atoms with Gasteiger partial charge in [-0.3, -0.25) is 14.2 Å². The highest BCUT2D eigenvalue weighted by Gasteiger charge is 2.18. The lowest BCUT2D eigenvalue weighted by atomic mass is 10.1. The van der Waals surface area contributed by atoms with Gasteiger partial charge in [0.25, 0.3) is 5.56 Å². The minimum Gasteiger partial charge on any atom is -0.325 e. The molecule has 1 N–H and O–H groups in total. The Hall–Kier alpha value is -2.90. The van der Waals surface area contributed by atoms with Crippen molar-refractivity contribution in [1.82, 2.24) is 9.55 Å². The first kappa shape index (κ1) is 21.3. The average molecular weight is 450 g/mol. The molecule has 5 nitrogen and oxygen atoms in total. The van der Waals surface area contributed by atoms with Crippen molar-refractivity contribution in [2.45, 2.75) is 32.9 Å². The molecular formula is C24H23N3O2S2. The Balaban J connectivity index is 1.67. The van der Waals surface area contributed by atoms with Crippen molar-refractivity contribution in [3.8, 4) is 5.69 Å². The van der Waals surface area contributed by atoms with E-state index in [2.05, 4.69) is 5.32 Å². The number of para-hydroxylation sites is 1. The van der Waals surface area contributed by atoms with Crippen molar-refractivity contribution < 1.29 is 4.79 Å². The number of hydrogen-bond donors (Lipinski definition) is 1. The number of benzene rings is 2. The summed E-state index contributed by atoms with van der Waals surface area (Å²) < 4.78 is 1.61. The number of nitrogens with one attached hydrogen (secondary N) is 1. The molecule has 2 heterocycles. The number of carbonyl (C=O) groups excluding carboxylic acids is 1. The second-order valence-electron chi connectivity index (χ2n) is 7.47. The van der Waals surface area contributed by atoms with Crippen LogP contribution in [0.3, 0.4) is 0 Å². The zero-order chi connectivity index (χ0) is 22.1. The fourth-order valence-electron chi connectivity index (χ4n) is 3.32. The van der Waals surface area contributed by atoms with Crippen molar-refractivity contribution in [2.24, 2.45) is 0 Å². The molecule has 0 unspecified atom stereocenters. The predicted molar refractivity (Wildman–Crippen MR) is 130 cm³/mol. The van der Waals surface area contributed by atoms with Crippen molar-refractivity contribution in [2.75, 3.05) is 11.1 Å². The van der Waals surface area contributed by atoms with E-state index in [0.717, 1.165) is 27.4 Å². The van der Waals surface area contributed by atoms with Crippen LogP contribution in [-0.2, 0) is 4.79 Å². The molecule has 7 heteroatoms. The summed E-state index contributed by atoms with van der Waals surface area (Å²) in [7, 11) is 0. The second kappa shape index (κ2) is 8.69. The topological polar surface area (TPSA) is 64.0 Å². The Labute approximate surface area is 189 Å². The highest BCUT2D eigenvalue weighted by molar-refractivity contribution is 7.99. The molecule has 0 bridgehead atoms. The van der Waals surface area contributed by atoms with E-state index in [-0.39, 0.29) is 17.2 Å². The van der Waals surface area contributed by atoms with Crippen LogP contribution in [0.5, 0.6) is 0 Å². The highest BCUT2D eigenvalue weighted by atomic mass is 32.2. The average Bonchev–Trinajstić information content (AvgIpc) is 3.03. The van der Waals surface area contributed by atoms with Gasteiger partial charge in [0.15, 0.2) is 5.16 Å². The molecule has 2 aromatic heterocycles. The van der Waals surface area contributed by atoms with E-state index in [1.165, 1.54) is 28.7 Å². The zero-order valence-electron chi connectivity index (χ0n) is 17.9. The molecule has 4 aromatic rings. The normalized spacial score (nSPS) is 11.1. The summed E-state index contributed by atoms with van der Waals surface area (Å²) >= 11 is 2.78. The summed E-state index contributed by atoms with van der Waals surface area (Å²) in [5.74, 6) is 0.0156. The monoisotopic (exact) mass is 449 g/mol. The van der Waals surface area contributed by atoms with Crippen LogP contribution < -0.4 is 10.9 Å². The zero-order valence-corrected chi connectivity index (χ0v) is 19.5. The first-order valence-corrected chi connectivity index (χ1v) is 11.7. The van der Waals surface area contributed by atoms with Gasteiger partial charge in [-0.1, -0.05) is 36.0 Å². The van der Waals surface area contributed by atoms with Gasteiger partial charge in [-0.25, -0.2) is 4.98 Å². The molecular weight excluding hydrogens is 426 g/mol. The summed E-state index contributed by atoms with van der Waals surface area (Å²) in [6.07, 6.45) is 0. The number of anilines is 1. The maximum absolute atomic E-state index is 13.4. The van der Waals surface area contributed by atoms with E-state index in [4.69, 9.17) is 4.98 Å². The van der Waals surface area contributed by atoms with Crippen LogP contribution in [0.25, 0.3) is 15.9 Å². The van der Waals surface area contributed by atoms with Gasteiger partial charge < -0.3 is 5.32 Å². The maximum atomic E-state index is 13.4. The Morgan fingerprint density at radius 2 is 1.81 bits per heavy atom. The number of aromatic nitrogens is 2. The van der Waals surface area contributed by atoms with E-state index in [9.17, 15) is 9.59 Å². The number of thiophene rings is 1. The lowest BCUT2D eigenvalue weighted by molar-refractivity contribution is -0.113. The van der Waals surface area contributed by atoms with Crippen molar-refractivity contribution in [3.05, 3.63) is 80.5 Å². The van der Waals surface area contributed by atoms with E-state index in [1.807, 2.05) is 76.2 Å². The Kier molecular flexibility index (Phi) is 5.98. The molecule has 2 aromatic carbocycles. The van der Waals surface area contributed by atoms with Crippen molar-refractivity contribution in [3.63, 3.8) is 0 Å². The van der Waals surface area contributed by atoms with Crippen molar-refractivity contribution in [1.29, 1.82) is 0 Å². The molecule has 0 aliphatic rings. The number of amides is 1. The first-order chi connectivity index (χ1) is 14.8. The molecule has 0 saturated heterocycles. The van der Waals surface area contributed by atoms with Gasteiger partial charge in [-0.2, -0.15) is 0 Å². The standard InChI is InChI=1S/C24H23N3O2S2/c1-14-10-11-18(12-15(14)2)25-20(28)13-30-24-26-22-21(16(3)17(4)31-22)23(29)27(24)19-8-6-5-7-9-19/h5-12H,13H2,1-4H3,(H,25,28). The summed E-state index contributed by atoms with van der Waals surface area (Å²) in [6, 6.07) is 15.3. The number of carbonyl (C=O) groups is 1. The molecule has 0 spiro atoms. The molecule has 0 aliphatic carbocycles. The minimum absolute atomic E-state index is 0.102. The molecule has 158 valence electrons. The van der Waals surface area contributed by atoms with Gasteiger partial charge >= 0.3 is 0 Å². The lowest BCUT2D eigenvalue weighted by Crippen LogP contribution is -2.22. The number of fused-ring (bicyclic) bond motifs is 1. The number of aryl methyl sites for hydroxylation is 4. The van der Waals surface area contributed by atoms with Crippen LogP contribution in [0.4, 0.5) is 5.69 Å². The second-order valence-corrected chi connectivity index (χ2v) is 9.62. The molecule has 0 saturated carbocycles. The molecule has 0 atom stereocenters. The largest absolute Gasteiger partial charge is 0.325 e. The summed E-state index contributed by atoms with van der Waals surface area (Å²) in [4.78, 5) is 32.5. The SMILES string of the molecule is Cc1ccc(NC(=O)CSc2nc3sc(C)c(C)c3c(=O)n2-c2ccccc2)cc1C. The van der Waals surface area contributed by atoms with Gasteiger partial charge in [0.2, 0.25) is 5.91 Å². The maximum Gasteiger partial charge on any atom is 0.267 e. The quantitative estimate of drug-likeness (QED) is 0.327. The predicted octanol–water partition coefficient (Wildman–Crippen LogP) is 5.41. The van der Waals surface area contributed by atoms with E-state index >= 15 is 0 Å². The Morgan fingerprint density at radius 1 is 1.06 bits per heavy atom. The Bertz CT molecular complexity index is 1340. The van der Waals surface area contributed by atoms with E-state index in [0.29, 0.717) is 15.4 Å². The molecule has 0 fully saturated rings. The fourth-order valence-corrected chi connectivity index (χ4v) is 5.21. The minimum atomic E-state index is -0.138. The molecule has 4 rings (SSSR count). The highest BCUT2D eigenvalue weighted by Crippen LogP contribution is 2.29. The smallest absolute Gasteiger partial charge is 0.267 e. The summed E-state index contributed by atoms with van der Waals surface area (Å²) in [5, 5.41) is 4.09. The van der Waals surface area contributed by atoms with E-state index in [1.54, 1.807) is 4.57 Å². The van der Waals surface area contributed by atoms with Gasteiger partial charge in [0.05, 0.1) is 16.8 Å². The van der Waals surface area contributed by atoms with Gasteiger partial charge in [0.1, 0.15) is 4.83 Å². The van der Waals surface area contributed by atoms with Crippen LogP contribution in [0.2, 0.25) is 0 Å². The van der Waals surface area contributed by atoms with Crippen LogP contribution in [0.15, 0.2) is 58.5 Å². The number of hydrogen-bond acceptors (Lipinski definition) is 5. The third-order valence-electron chi connectivity index (χ3n) is 5.31. The molecule has 0 aliphatic heterocycles. The van der Waals surface area contributed by atoms with Crippen LogP contribution in [0, 0.1) is 27.7 Å². The molecule has 31 heavy (non-hydrogen) atoms. The van der Waals surface area contributed by atoms with E-state index < -0.39 is 0 Å². The van der Waals surface area contributed by atoms with Crippen LogP contribution >= 0.6 is 23.1 Å². The van der Waals surface area contributed by atoms with Crippen molar-refractivity contribution >= 4 is 44.9 Å². The third-order valence-corrected chi connectivity index (χ3v) is 7.35. The third kappa shape index (κ3) is 4.29. The Morgan fingerprint density at radius 3 is 2.52 bits per heavy atom. The van der Waals surface area contributed by atoms with Gasteiger partial charge in [-0.15, -0.1) is 11.3 Å². The number of nitrogens with zero attached hydrogens (tertiary/aromatic N) is 2. The summed E-state index contributed by atoms with van der Waals surface area (Å²) in [5.41, 5.74) is 4.67. The number of rotatable bonds is 5. The molecule has 1 amide bonds. The fraction of sp³-hybridized carbons (Fsp3) is 0.208. The van der Waals surface area contributed by atoms with Gasteiger partial charge in [0, 0.05) is 10.6 Å². The molecule has 0 radical (unpaired) electrons. The number of thioether (sulfide) groups is 1.